The van der Waals surface area contributed by atoms with Crippen LogP contribution in [0.4, 0.5) is 5.69 Å². The first kappa shape index (κ1) is 22.6. The molecule has 2 aliphatic rings. The number of ether oxygens (including phenoxy) is 2. The van der Waals surface area contributed by atoms with Gasteiger partial charge in [-0.05, 0) is 30.3 Å². The third-order valence-corrected chi connectivity index (χ3v) is 7.15. The molecule has 33 heavy (non-hydrogen) atoms. The van der Waals surface area contributed by atoms with Crippen LogP contribution in [0.3, 0.4) is 0 Å². The zero-order valence-electron chi connectivity index (χ0n) is 17.9. The normalized spacial score (nSPS) is 17.4. The van der Waals surface area contributed by atoms with Crippen molar-refractivity contribution in [3.05, 3.63) is 48.0 Å². The van der Waals surface area contributed by atoms with Gasteiger partial charge in [0.1, 0.15) is 0 Å². The number of rotatable bonds is 5. The molecular formula is C21H22N4O7S. The highest BCUT2D eigenvalue weighted by Crippen LogP contribution is 2.37. The monoisotopic (exact) mass is 474 g/mol. The maximum atomic E-state index is 12.6. The topological polar surface area (TPSA) is 134 Å². The van der Waals surface area contributed by atoms with Crippen LogP contribution in [0.25, 0.3) is 0 Å². The average molecular weight is 474 g/mol. The Morgan fingerprint density at radius 2 is 1.82 bits per heavy atom. The van der Waals surface area contributed by atoms with Crippen LogP contribution in [0.15, 0.2) is 47.4 Å². The van der Waals surface area contributed by atoms with Crippen LogP contribution >= 0.6 is 0 Å². The zero-order valence-corrected chi connectivity index (χ0v) is 18.7. The molecule has 2 aromatic carbocycles. The van der Waals surface area contributed by atoms with Crippen LogP contribution in [0.2, 0.25) is 0 Å². The number of anilines is 1. The molecule has 0 bridgehead atoms. The van der Waals surface area contributed by atoms with E-state index in [4.69, 9.17) is 9.47 Å². The second kappa shape index (κ2) is 8.71. The SMILES string of the molecule is CN(C)S(=O)(=O)c1cccc(C(=O)NNC(=O)C2CC(=O)N(c3ccc4c(c3)OCO4)C2)c1. The van der Waals surface area contributed by atoms with E-state index in [-0.39, 0.29) is 36.1 Å². The molecule has 0 saturated carbocycles. The summed E-state index contributed by atoms with van der Waals surface area (Å²) in [4.78, 5) is 38.9. The molecule has 1 unspecified atom stereocenters. The van der Waals surface area contributed by atoms with Gasteiger partial charge in [0.15, 0.2) is 11.5 Å². The highest BCUT2D eigenvalue weighted by Gasteiger charge is 2.36. The Balaban J connectivity index is 1.37. The third kappa shape index (κ3) is 4.47. The number of benzene rings is 2. The Labute approximate surface area is 190 Å². The van der Waals surface area contributed by atoms with Crippen LogP contribution in [0, 0.1) is 5.92 Å². The number of hydrogen-bond acceptors (Lipinski definition) is 7. The smallest absolute Gasteiger partial charge is 0.269 e. The standard InChI is InChI=1S/C21H22N4O7S/c1-24(2)33(29,30)16-5-3-4-13(8-16)20(27)22-23-21(28)14-9-19(26)25(11-14)15-6-7-17-18(10-15)32-12-31-17/h3-8,10,14H,9,11-12H2,1-2H3,(H,22,27)(H,23,28). The van der Waals surface area contributed by atoms with Gasteiger partial charge in [-0.2, -0.15) is 0 Å². The number of carbonyl (C=O) groups excluding carboxylic acids is 3. The first-order valence-corrected chi connectivity index (χ1v) is 11.4. The predicted molar refractivity (Wildman–Crippen MR) is 116 cm³/mol. The van der Waals surface area contributed by atoms with Crippen LogP contribution < -0.4 is 25.2 Å². The van der Waals surface area contributed by atoms with Crippen molar-refractivity contribution in [1.82, 2.24) is 15.2 Å². The predicted octanol–water partition coefficient (Wildman–Crippen LogP) is 0.480. The summed E-state index contributed by atoms with van der Waals surface area (Å²) >= 11 is 0. The second-order valence-electron chi connectivity index (χ2n) is 7.70. The molecule has 0 spiro atoms. The van der Waals surface area contributed by atoms with Gasteiger partial charge in [0.2, 0.25) is 28.6 Å². The number of sulfonamides is 1. The van der Waals surface area contributed by atoms with E-state index in [2.05, 4.69) is 10.9 Å². The van der Waals surface area contributed by atoms with E-state index in [0.717, 1.165) is 4.31 Å². The molecular weight excluding hydrogens is 452 g/mol. The van der Waals surface area contributed by atoms with Gasteiger partial charge in [-0.25, -0.2) is 12.7 Å². The Kier molecular flexibility index (Phi) is 5.95. The van der Waals surface area contributed by atoms with Gasteiger partial charge in [0, 0.05) is 44.4 Å². The summed E-state index contributed by atoms with van der Waals surface area (Å²) in [5.74, 6) is -1.01. The zero-order chi connectivity index (χ0) is 23.8. The molecule has 174 valence electrons. The molecule has 1 atom stereocenters. The van der Waals surface area contributed by atoms with Gasteiger partial charge in [-0.15, -0.1) is 0 Å². The van der Waals surface area contributed by atoms with E-state index >= 15 is 0 Å². The van der Waals surface area contributed by atoms with Crippen molar-refractivity contribution >= 4 is 33.4 Å². The summed E-state index contributed by atoms with van der Waals surface area (Å²) in [6, 6.07) is 10.5. The number of nitrogens with zero attached hydrogens (tertiary/aromatic N) is 2. The van der Waals surface area contributed by atoms with Crippen molar-refractivity contribution in [3.8, 4) is 11.5 Å². The summed E-state index contributed by atoms with van der Waals surface area (Å²) in [5, 5.41) is 0. The first-order valence-electron chi connectivity index (χ1n) is 9.99. The molecule has 3 amide bonds. The van der Waals surface area contributed by atoms with Crippen molar-refractivity contribution in [3.63, 3.8) is 0 Å². The lowest BCUT2D eigenvalue weighted by Gasteiger charge is -2.17. The quantitative estimate of drug-likeness (QED) is 0.602. The summed E-state index contributed by atoms with van der Waals surface area (Å²) in [5.41, 5.74) is 5.23. The molecule has 0 aliphatic carbocycles. The van der Waals surface area contributed by atoms with E-state index in [0.29, 0.717) is 17.2 Å². The van der Waals surface area contributed by atoms with Crippen LogP contribution in [-0.4, -0.2) is 57.9 Å². The van der Waals surface area contributed by atoms with Gasteiger partial charge in [-0.3, -0.25) is 25.2 Å². The number of carbonyl (C=O) groups is 3. The fourth-order valence-electron chi connectivity index (χ4n) is 3.49. The van der Waals surface area contributed by atoms with Crippen LogP contribution in [-0.2, 0) is 19.6 Å². The van der Waals surface area contributed by atoms with Gasteiger partial charge in [-0.1, -0.05) is 6.07 Å². The minimum absolute atomic E-state index is 0.0211. The van der Waals surface area contributed by atoms with Crippen LogP contribution in [0.1, 0.15) is 16.8 Å². The molecule has 2 heterocycles. The maximum absolute atomic E-state index is 12.6. The highest BCUT2D eigenvalue weighted by atomic mass is 32.2. The Bertz CT molecular complexity index is 1230. The van der Waals surface area contributed by atoms with Crippen molar-refractivity contribution in [2.24, 2.45) is 5.92 Å². The molecule has 12 heteroatoms. The van der Waals surface area contributed by atoms with E-state index in [1.165, 1.54) is 43.3 Å². The summed E-state index contributed by atoms with van der Waals surface area (Å²) < 4.78 is 36.2. The molecule has 4 rings (SSSR count). The minimum atomic E-state index is -3.71. The van der Waals surface area contributed by atoms with Crippen molar-refractivity contribution in [2.45, 2.75) is 11.3 Å². The number of amides is 3. The molecule has 0 aromatic heterocycles. The van der Waals surface area contributed by atoms with Gasteiger partial charge in [0.25, 0.3) is 5.91 Å². The molecule has 0 radical (unpaired) electrons. The fraction of sp³-hybridized carbons (Fsp3) is 0.286. The Morgan fingerprint density at radius 3 is 2.58 bits per heavy atom. The maximum Gasteiger partial charge on any atom is 0.269 e. The fourth-order valence-corrected chi connectivity index (χ4v) is 4.44. The average Bonchev–Trinajstić information content (AvgIpc) is 3.43. The number of nitrogens with one attached hydrogen (secondary N) is 2. The highest BCUT2D eigenvalue weighted by molar-refractivity contribution is 7.89. The van der Waals surface area contributed by atoms with Crippen molar-refractivity contribution in [1.29, 1.82) is 0 Å². The third-order valence-electron chi connectivity index (χ3n) is 5.34. The minimum Gasteiger partial charge on any atom is -0.454 e. The summed E-state index contributed by atoms with van der Waals surface area (Å²) in [7, 11) is -0.940. The van der Waals surface area contributed by atoms with Crippen molar-refractivity contribution < 1.29 is 32.3 Å². The van der Waals surface area contributed by atoms with E-state index in [1.54, 1.807) is 18.2 Å². The molecule has 2 aromatic rings. The summed E-state index contributed by atoms with van der Waals surface area (Å²) in [6.07, 6.45) is -0.0211. The number of hydrogen-bond donors (Lipinski definition) is 2. The van der Waals surface area contributed by atoms with Crippen LogP contribution in [0.5, 0.6) is 11.5 Å². The lowest BCUT2D eigenvalue weighted by Crippen LogP contribution is -2.45. The summed E-state index contributed by atoms with van der Waals surface area (Å²) in [6.45, 7) is 0.248. The van der Waals surface area contributed by atoms with E-state index < -0.39 is 27.8 Å². The first-order chi connectivity index (χ1) is 15.7. The van der Waals surface area contributed by atoms with E-state index in [9.17, 15) is 22.8 Å². The Morgan fingerprint density at radius 1 is 1.06 bits per heavy atom. The number of hydrazine groups is 1. The van der Waals surface area contributed by atoms with E-state index in [1.807, 2.05) is 0 Å². The molecule has 1 fully saturated rings. The largest absolute Gasteiger partial charge is 0.454 e. The van der Waals surface area contributed by atoms with Gasteiger partial charge >= 0.3 is 0 Å². The van der Waals surface area contributed by atoms with Gasteiger partial charge in [0.05, 0.1) is 10.8 Å². The lowest BCUT2D eigenvalue weighted by atomic mass is 10.1. The Hall–Kier alpha value is -3.64. The lowest BCUT2D eigenvalue weighted by molar-refractivity contribution is -0.126. The molecule has 2 aliphatic heterocycles. The second-order valence-corrected chi connectivity index (χ2v) is 9.85. The van der Waals surface area contributed by atoms with Crippen molar-refractivity contribution in [2.75, 3.05) is 32.3 Å². The number of fused-ring (bicyclic) bond motifs is 1. The molecule has 2 N–H and O–H groups in total. The van der Waals surface area contributed by atoms with Gasteiger partial charge < -0.3 is 14.4 Å². The molecule has 1 saturated heterocycles. The molecule has 11 nitrogen and oxygen atoms in total.